The molecular weight excluding hydrogens is 172 g/mol. The molecule has 0 bridgehead atoms. The molecule has 0 aliphatic carbocycles. The fraction of sp³-hybridized carbons (Fsp3) is 1.00. The van der Waals surface area contributed by atoms with Crippen LogP contribution in [0.2, 0.25) is 0 Å². The number of rotatable bonds is 7. The number of aliphatic hydroxyl groups is 1. The molecule has 0 aromatic carbocycles. The van der Waals surface area contributed by atoms with E-state index in [-0.39, 0.29) is 6.54 Å². The van der Waals surface area contributed by atoms with Gasteiger partial charge in [-0.3, -0.25) is 0 Å². The molecule has 0 heterocycles. The number of nitrogens with zero attached hydrogens (tertiary/aromatic N) is 2. The Bertz CT molecular complexity index is 152. The summed E-state index contributed by atoms with van der Waals surface area (Å²) in [6.07, 6.45) is 1.67. The average Bonchev–Trinajstić information content (AvgIpc) is 2.11. The Hall–Kier alpha value is -0.840. The second-order valence-corrected chi connectivity index (χ2v) is 3.07. The van der Waals surface area contributed by atoms with Crippen LogP contribution < -0.4 is 0 Å². The summed E-state index contributed by atoms with van der Waals surface area (Å²) in [5.74, 6) is 0. The molecule has 0 aliphatic rings. The molecule has 0 spiro atoms. The third-order valence-corrected chi connectivity index (χ3v) is 1.89. The lowest BCUT2D eigenvalue weighted by atomic mass is 10.2. The molecule has 0 amide bonds. The van der Waals surface area contributed by atoms with Gasteiger partial charge in [0.25, 0.3) is 0 Å². The van der Waals surface area contributed by atoms with Crippen LogP contribution in [0.1, 0.15) is 33.1 Å². The molecule has 0 saturated heterocycles. The van der Waals surface area contributed by atoms with E-state index in [1.165, 1.54) is 0 Å². The fourth-order valence-corrected chi connectivity index (χ4v) is 0.953. The van der Waals surface area contributed by atoms with E-state index in [1.54, 1.807) is 0 Å². The van der Waals surface area contributed by atoms with Crippen molar-refractivity contribution in [2.24, 2.45) is 0 Å². The molecule has 0 aromatic rings. The van der Waals surface area contributed by atoms with Gasteiger partial charge in [-0.15, -0.1) is 5.01 Å². The first-order valence-corrected chi connectivity index (χ1v) is 4.69. The summed E-state index contributed by atoms with van der Waals surface area (Å²) >= 11 is 0. The number of nitro groups is 1. The van der Waals surface area contributed by atoms with E-state index in [4.69, 9.17) is 0 Å². The summed E-state index contributed by atoms with van der Waals surface area (Å²) in [6, 6.07) is 0. The predicted octanol–water partition coefficient (Wildman–Crippen LogP) is 1.05. The summed E-state index contributed by atoms with van der Waals surface area (Å²) in [5.41, 5.74) is 0. The maximum absolute atomic E-state index is 10.5. The maximum Gasteiger partial charge on any atom is 0.160 e. The zero-order valence-electron chi connectivity index (χ0n) is 8.27. The third kappa shape index (κ3) is 5.41. The van der Waals surface area contributed by atoms with Crippen molar-refractivity contribution in [3.05, 3.63) is 10.1 Å². The van der Waals surface area contributed by atoms with Crippen LogP contribution in [0.25, 0.3) is 0 Å². The van der Waals surface area contributed by atoms with Gasteiger partial charge in [-0.05, 0) is 12.8 Å². The molecule has 1 atom stereocenters. The van der Waals surface area contributed by atoms with Gasteiger partial charge in [0.15, 0.2) is 5.03 Å². The Morgan fingerprint density at radius 1 is 1.54 bits per heavy atom. The van der Waals surface area contributed by atoms with E-state index < -0.39 is 11.1 Å². The van der Waals surface area contributed by atoms with Gasteiger partial charge in [0, 0.05) is 0 Å². The molecular formula is C8H18N2O3. The first kappa shape index (κ1) is 12.2. The number of unbranched alkanes of at least 4 members (excludes halogenated alkanes) is 1. The van der Waals surface area contributed by atoms with Crippen molar-refractivity contribution in [2.45, 2.75) is 39.2 Å². The van der Waals surface area contributed by atoms with Crippen LogP contribution in [0.15, 0.2) is 0 Å². The Morgan fingerprint density at radius 2 is 2.15 bits per heavy atom. The highest BCUT2D eigenvalue weighted by molar-refractivity contribution is 4.55. The number of hydrazine groups is 1. The monoisotopic (exact) mass is 190 g/mol. The molecule has 0 rings (SSSR count). The van der Waals surface area contributed by atoms with Crippen molar-refractivity contribution in [1.29, 1.82) is 0 Å². The van der Waals surface area contributed by atoms with Crippen molar-refractivity contribution < 1.29 is 10.1 Å². The molecule has 0 radical (unpaired) electrons. The SMILES string of the molecule is CCCCN(CC(O)CC)[N+](=O)[O-]. The molecule has 0 aromatic heterocycles. The standard InChI is InChI=1S/C8H18N2O3/c1-3-5-6-9(10(12)13)7-8(11)4-2/h8,11H,3-7H2,1-2H3. The molecule has 13 heavy (non-hydrogen) atoms. The van der Waals surface area contributed by atoms with Crippen LogP contribution in [0, 0.1) is 10.1 Å². The molecule has 1 N–H and O–H groups in total. The van der Waals surface area contributed by atoms with Crippen LogP contribution in [-0.4, -0.2) is 34.3 Å². The van der Waals surface area contributed by atoms with Gasteiger partial charge in [0.1, 0.15) is 6.54 Å². The number of hydrogen-bond donors (Lipinski definition) is 1. The van der Waals surface area contributed by atoms with E-state index in [2.05, 4.69) is 0 Å². The molecule has 0 aliphatic heterocycles. The second-order valence-electron chi connectivity index (χ2n) is 3.07. The lowest BCUT2D eigenvalue weighted by Crippen LogP contribution is -2.37. The van der Waals surface area contributed by atoms with Gasteiger partial charge < -0.3 is 5.11 Å². The van der Waals surface area contributed by atoms with Crippen LogP contribution in [0.3, 0.4) is 0 Å². The van der Waals surface area contributed by atoms with Crippen molar-refractivity contribution in [2.75, 3.05) is 13.1 Å². The second kappa shape index (κ2) is 6.65. The zero-order chi connectivity index (χ0) is 10.3. The highest BCUT2D eigenvalue weighted by atomic mass is 16.7. The highest BCUT2D eigenvalue weighted by Gasteiger charge is 2.16. The van der Waals surface area contributed by atoms with E-state index in [9.17, 15) is 15.2 Å². The topological polar surface area (TPSA) is 66.6 Å². The normalized spacial score (nSPS) is 12.5. The van der Waals surface area contributed by atoms with Gasteiger partial charge in [0.05, 0.1) is 12.6 Å². The van der Waals surface area contributed by atoms with Gasteiger partial charge >= 0.3 is 0 Å². The molecule has 0 saturated carbocycles. The Balaban J connectivity index is 3.87. The van der Waals surface area contributed by atoms with Gasteiger partial charge in [0.2, 0.25) is 0 Å². The summed E-state index contributed by atoms with van der Waals surface area (Å²) in [6.45, 7) is 4.33. The zero-order valence-corrected chi connectivity index (χ0v) is 8.27. The molecule has 5 nitrogen and oxygen atoms in total. The quantitative estimate of drug-likeness (QED) is 0.481. The largest absolute Gasteiger partial charge is 0.391 e. The van der Waals surface area contributed by atoms with E-state index in [0.717, 1.165) is 17.9 Å². The van der Waals surface area contributed by atoms with Crippen molar-refractivity contribution in [1.82, 2.24) is 5.01 Å². The molecule has 5 heteroatoms. The third-order valence-electron chi connectivity index (χ3n) is 1.89. The van der Waals surface area contributed by atoms with Crippen LogP contribution in [-0.2, 0) is 0 Å². The van der Waals surface area contributed by atoms with E-state index >= 15 is 0 Å². The molecule has 1 unspecified atom stereocenters. The summed E-state index contributed by atoms with van der Waals surface area (Å²) in [5, 5.41) is 20.4. The Kier molecular flexibility index (Phi) is 6.22. The van der Waals surface area contributed by atoms with Crippen molar-refractivity contribution in [3.8, 4) is 0 Å². The number of hydrogen-bond acceptors (Lipinski definition) is 3. The van der Waals surface area contributed by atoms with Gasteiger partial charge in [-0.1, -0.05) is 20.3 Å². The van der Waals surface area contributed by atoms with Crippen LogP contribution >= 0.6 is 0 Å². The predicted molar refractivity (Wildman–Crippen MR) is 49.8 cm³/mol. The summed E-state index contributed by atoms with van der Waals surface area (Å²) in [4.78, 5) is 10.5. The Labute approximate surface area is 78.5 Å². The van der Waals surface area contributed by atoms with Crippen molar-refractivity contribution >= 4 is 0 Å². The summed E-state index contributed by atoms with van der Waals surface area (Å²) in [7, 11) is 0. The minimum Gasteiger partial charge on any atom is -0.391 e. The lowest BCUT2D eigenvalue weighted by molar-refractivity contribution is -0.657. The van der Waals surface area contributed by atoms with Gasteiger partial charge in [-0.25, -0.2) is 10.1 Å². The summed E-state index contributed by atoms with van der Waals surface area (Å²) < 4.78 is 0. The van der Waals surface area contributed by atoms with Crippen LogP contribution in [0.5, 0.6) is 0 Å². The first-order chi connectivity index (χ1) is 6.11. The highest BCUT2D eigenvalue weighted by Crippen LogP contribution is 1.99. The minimum atomic E-state index is -0.595. The molecule has 0 fully saturated rings. The first-order valence-electron chi connectivity index (χ1n) is 4.69. The smallest absolute Gasteiger partial charge is 0.160 e. The average molecular weight is 190 g/mol. The van der Waals surface area contributed by atoms with E-state index in [0.29, 0.717) is 13.0 Å². The van der Waals surface area contributed by atoms with Crippen molar-refractivity contribution in [3.63, 3.8) is 0 Å². The van der Waals surface area contributed by atoms with Gasteiger partial charge in [-0.2, -0.15) is 0 Å². The van der Waals surface area contributed by atoms with E-state index in [1.807, 2.05) is 13.8 Å². The minimum absolute atomic E-state index is 0.128. The fourth-order valence-electron chi connectivity index (χ4n) is 0.953. The van der Waals surface area contributed by atoms with Crippen LogP contribution in [0.4, 0.5) is 0 Å². The maximum atomic E-state index is 10.5. The Morgan fingerprint density at radius 3 is 2.54 bits per heavy atom. The molecule has 78 valence electrons. The lowest BCUT2D eigenvalue weighted by Gasteiger charge is -2.16. The number of aliphatic hydroxyl groups excluding tert-OH is 1.